The normalized spacial score (nSPS) is 16.3. The number of piperidine rings is 1. The molecule has 0 spiro atoms. The number of nitrogens with zero attached hydrogens (tertiary/aromatic N) is 3. The molecule has 1 aromatic heterocycles. The number of fused-ring (bicyclic) bond motifs is 3. The zero-order chi connectivity index (χ0) is 22.8. The SMILES string of the molecule is CN(c1nc2c(ccc3ccccc32)s1)C1CCN(CC(O)COc2ccc(F)cc2)CC1. The van der Waals surface area contributed by atoms with E-state index >= 15 is 0 Å². The lowest BCUT2D eigenvalue weighted by atomic mass is 10.0. The van der Waals surface area contributed by atoms with Crippen LogP contribution in [0.5, 0.6) is 5.75 Å². The standard InChI is InChI=1S/C26H28FN3O2S/c1-29(26-28-25-23-5-3-2-4-18(23)6-11-24(25)33-26)20-12-14-30(15-13-20)16-21(31)17-32-22-9-7-19(27)8-10-22/h2-11,20-21,31H,12-17H2,1H3. The van der Waals surface area contributed by atoms with Gasteiger partial charge in [0.15, 0.2) is 5.13 Å². The van der Waals surface area contributed by atoms with Crippen molar-refractivity contribution in [2.75, 3.05) is 38.2 Å². The largest absolute Gasteiger partial charge is 0.491 e. The number of aliphatic hydroxyl groups is 1. The number of likely N-dealkylation sites (tertiary alicyclic amines) is 1. The van der Waals surface area contributed by atoms with Gasteiger partial charge in [0.25, 0.3) is 0 Å². The lowest BCUT2D eigenvalue weighted by Gasteiger charge is -2.37. The molecular weight excluding hydrogens is 437 g/mol. The molecule has 0 saturated carbocycles. The Balaban J connectivity index is 1.15. The Morgan fingerprint density at radius 2 is 1.88 bits per heavy atom. The van der Waals surface area contributed by atoms with E-state index in [4.69, 9.17) is 9.72 Å². The zero-order valence-electron chi connectivity index (χ0n) is 18.7. The summed E-state index contributed by atoms with van der Waals surface area (Å²) >= 11 is 1.75. The summed E-state index contributed by atoms with van der Waals surface area (Å²) in [4.78, 5) is 9.60. The maximum Gasteiger partial charge on any atom is 0.186 e. The molecule has 1 fully saturated rings. The number of aliphatic hydroxyl groups excluding tert-OH is 1. The van der Waals surface area contributed by atoms with Gasteiger partial charge >= 0.3 is 0 Å². The Morgan fingerprint density at radius 3 is 2.67 bits per heavy atom. The fourth-order valence-corrected chi connectivity index (χ4v) is 5.53. The van der Waals surface area contributed by atoms with Crippen LogP contribution < -0.4 is 9.64 Å². The number of anilines is 1. The maximum atomic E-state index is 13.0. The number of rotatable bonds is 7. The zero-order valence-corrected chi connectivity index (χ0v) is 19.5. The molecule has 1 aliphatic rings. The van der Waals surface area contributed by atoms with Crippen molar-refractivity contribution in [3.8, 4) is 5.75 Å². The molecule has 33 heavy (non-hydrogen) atoms. The quantitative estimate of drug-likeness (QED) is 0.419. The second-order valence-electron chi connectivity index (χ2n) is 8.69. The summed E-state index contributed by atoms with van der Waals surface area (Å²) in [6.45, 7) is 2.63. The van der Waals surface area contributed by atoms with E-state index in [2.05, 4.69) is 53.2 Å². The van der Waals surface area contributed by atoms with Gasteiger partial charge in [0.1, 0.15) is 24.3 Å². The topological polar surface area (TPSA) is 48.8 Å². The average molecular weight is 466 g/mol. The summed E-state index contributed by atoms with van der Waals surface area (Å²) < 4.78 is 19.8. The van der Waals surface area contributed by atoms with Crippen molar-refractivity contribution in [1.29, 1.82) is 0 Å². The molecule has 5 nitrogen and oxygen atoms in total. The van der Waals surface area contributed by atoms with Gasteiger partial charge in [0, 0.05) is 38.1 Å². The van der Waals surface area contributed by atoms with Gasteiger partial charge in [-0.25, -0.2) is 9.37 Å². The van der Waals surface area contributed by atoms with Gasteiger partial charge in [-0.15, -0.1) is 0 Å². The first kappa shape index (κ1) is 22.1. The highest BCUT2D eigenvalue weighted by atomic mass is 32.1. The van der Waals surface area contributed by atoms with Crippen molar-refractivity contribution in [3.63, 3.8) is 0 Å². The molecule has 5 rings (SSSR count). The number of β-amino-alcohol motifs (C(OH)–C–C–N with tert-alkyl or cyclic N) is 1. The highest BCUT2D eigenvalue weighted by Crippen LogP contribution is 2.34. The lowest BCUT2D eigenvalue weighted by Crippen LogP contribution is -2.46. The minimum Gasteiger partial charge on any atom is -0.491 e. The molecular formula is C26H28FN3O2S. The molecule has 2 heterocycles. The second kappa shape index (κ2) is 9.63. The molecule has 4 aromatic rings. The van der Waals surface area contributed by atoms with E-state index < -0.39 is 6.10 Å². The summed E-state index contributed by atoms with van der Waals surface area (Å²) in [6.07, 6.45) is 1.47. The molecule has 0 radical (unpaired) electrons. The first-order valence-corrected chi connectivity index (χ1v) is 12.2. The monoisotopic (exact) mass is 465 g/mol. The summed E-state index contributed by atoms with van der Waals surface area (Å²) in [5.41, 5.74) is 1.08. The van der Waals surface area contributed by atoms with E-state index in [1.54, 1.807) is 23.5 Å². The molecule has 1 saturated heterocycles. The third-order valence-electron chi connectivity index (χ3n) is 6.40. The van der Waals surface area contributed by atoms with Crippen molar-refractivity contribution < 1.29 is 14.2 Å². The Morgan fingerprint density at radius 1 is 1.12 bits per heavy atom. The maximum absolute atomic E-state index is 13.0. The number of ether oxygens (including phenoxy) is 1. The smallest absolute Gasteiger partial charge is 0.186 e. The lowest BCUT2D eigenvalue weighted by molar-refractivity contribution is 0.0595. The van der Waals surface area contributed by atoms with Crippen molar-refractivity contribution in [2.45, 2.75) is 25.0 Å². The third kappa shape index (κ3) is 4.95. The predicted molar refractivity (Wildman–Crippen MR) is 133 cm³/mol. The van der Waals surface area contributed by atoms with E-state index in [9.17, 15) is 9.50 Å². The van der Waals surface area contributed by atoms with Gasteiger partial charge in [-0.3, -0.25) is 0 Å². The highest BCUT2D eigenvalue weighted by molar-refractivity contribution is 7.22. The van der Waals surface area contributed by atoms with Crippen LogP contribution in [0.15, 0.2) is 60.7 Å². The van der Waals surface area contributed by atoms with Crippen LogP contribution in [0.3, 0.4) is 0 Å². The van der Waals surface area contributed by atoms with Crippen LogP contribution in [0.2, 0.25) is 0 Å². The fraction of sp³-hybridized carbons (Fsp3) is 0.346. The summed E-state index contributed by atoms with van der Waals surface area (Å²) in [6, 6.07) is 19.1. The van der Waals surface area contributed by atoms with Crippen LogP contribution in [-0.4, -0.2) is 60.4 Å². The Hall–Kier alpha value is -2.74. The summed E-state index contributed by atoms with van der Waals surface area (Å²) in [7, 11) is 2.14. The number of thiazole rings is 1. The van der Waals surface area contributed by atoms with Crippen LogP contribution in [0.4, 0.5) is 9.52 Å². The van der Waals surface area contributed by atoms with Crippen molar-refractivity contribution in [1.82, 2.24) is 9.88 Å². The average Bonchev–Trinajstić information content (AvgIpc) is 3.29. The minimum atomic E-state index is -0.582. The van der Waals surface area contributed by atoms with E-state index in [0.717, 1.165) is 36.6 Å². The summed E-state index contributed by atoms with van der Waals surface area (Å²) in [5, 5.41) is 13.9. The molecule has 0 bridgehead atoms. The van der Waals surface area contributed by atoms with Gasteiger partial charge in [-0.2, -0.15) is 0 Å². The van der Waals surface area contributed by atoms with Crippen LogP contribution in [0.1, 0.15) is 12.8 Å². The van der Waals surface area contributed by atoms with E-state index in [1.807, 2.05) is 0 Å². The van der Waals surface area contributed by atoms with Crippen molar-refractivity contribution in [3.05, 3.63) is 66.5 Å². The molecule has 3 aromatic carbocycles. The number of halogens is 1. The molecule has 1 N–H and O–H groups in total. The van der Waals surface area contributed by atoms with E-state index in [-0.39, 0.29) is 12.4 Å². The van der Waals surface area contributed by atoms with Crippen LogP contribution >= 0.6 is 11.3 Å². The van der Waals surface area contributed by atoms with Gasteiger partial charge in [-0.05, 0) is 48.6 Å². The Bertz CT molecular complexity index is 1220. The molecule has 1 aliphatic heterocycles. The molecule has 0 aliphatic carbocycles. The number of hydrogen-bond donors (Lipinski definition) is 1. The van der Waals surface area contributed by atoms with Crippen LogP contribution in [-0.2, 0) is 0 Å². The number of aromatic nitrogens is 1. The predicted octanol–water partition coefficient (Wildman–Crippen LogP) is 4.93. The molecule has 1 atom stereocenters. The van der Waals surface area contributed by atoms with Gasteiger partial charge < -0.3 is 19.6 Å². The van der Waals surface area contributed by atoms with E-state index in [0.29, 0.717) is 18.3 Å². The van der Waals surface area contributed by atoms with Crippen molar-refractivity contribution >= 4 is 37.5 Å². The van der Waals surface area contributed by atoms with Gasteiger partial charge in [-0.1, -0.05) is 41.7 Å². The molecule has 7 heteroatoms. The van der Waals surface area contributed by atoms with Gasteiger partial charge in [0.2, 0.25) is 0 Å². The Labute approximate surface area is 197 Å². The molecule has 1 unspecified atom stereocenters. The van der Waals surface area contributed by atoms with Crippen LogP contribution in [0, 0.1) is 5.82 Å². The first-order chi connectivity index (χ1) is 16.1. The van der Waals surface area contributed by atoms with Crippen molar-refractivity contribution in [2.24, 2.45) is 0 Å². The second-order valence-corrected chi connectivity index (χ2v) is 9.70. The van der Waals surface area contributed by atoms with Gasteiger partial charge in [0.05, 0.1) is 10.2 Å². The Kier molecular flexibility index (Phi) is 6.44. The highest BCUT2D eigenvalue weighted by Gasteiger charge is 2.25. The third-order valence-corrected chi connectivity index (χ3v) is 7.51. The first-order valence-electron chi connectivity index (χ1n) is 11.4. The molecule has 0 amide bonds. The number of hydrogen-bond acceptors (Lipinski definition) is 6. The van der Waals surface area contributed by atoms with E-state index in [1.165, 1.54) is 27.6 Å². The summed E-state index contributed by atoms with van der Waals surface area (Å²) in [5.74, 6) is 0.273. The number of benzene rings is 3. The van der Waals surface area contributed by atoms with Crippen LogP contribution in [0.25, 0.3) is 21.0 Å². The fourth-order valence-electron chi connectivity index (χ4n) is 4.52. The molecule has 172 valence electrons. The minimum absolute atomic E-state index is 0.200.